The molecule has 0 unspecified atom stereocenters. The SMILES string of the molecule is CC(C)(CNc1cc(C(N)=O)cnn1)c1ccc(F)cc1. The average Bonchev–Trinajstić information content (AvgIpc) is 2.46. The van der Waals surface area contributed by atoms with E-state index >= 15 is 0 Å². The molecule has 110 valence electrons. The first-order chi connectivity index (χ1) is 9.88. The Kier molecular flexibility index (Phi) is 4.16. The molecule has 0 radical (unpaired) electrons. The number of carbonyl (C=O) groups excluding carboxylic acids is 1. The zero-order valence-electron chi connectivity index (χ0n) is 11.9. The van der Waals surface area contributed by atoms with Crippen molar-refractivity contribution in [1.29, 1.82) is 0 Å². The van der Waals surface area contributed by atoms with Crippen LogP contribution in [-0.4, -0.2) is 22.6 Å². The van der Waals surface area contributed by atoms with Crippen molar-refractivity contribution in [3.63, 3.8) is 0 Å². The lowest BCUT2D eigenvalue weighted by Crippen LogP contribution is -2.28. The molecule has 6 heteroatoms. The van der Waals surface area contributed by atoms with Gasteiger partial charge in [0.15, 0.2) is 0 Å². The van der Waals surface area contributed by atoms with E-state index < -0.39 is 5.91 Å². The molecular weight excluding hydrogens is 271 g/mol. The topological polar surface area (TPSA) is 80.9 Å². The third kappa shape index (κ3) is 3.75. The molecule has 0 aliphatic rings. The lowest BCUT2D eigenvalue weighted by Gasteiger charge is -2.25. The van der Waals surface area contributed by atoms with E-state index in [-0.39, 0.29) is 11.2 Å². The molecule has 5 nitrogen and oxygen atoms in total. The number of amides is 1. The van der Waals surface area contributed by atoms with E-state index in [0.29, 0.717) is 17.9 Å². The van der Waals surface area contributed by atoms with Crippen LogP contribution < -0.4 is 11.1 Å². The number of anilines is 1. The van der Waals surface area contributed by atoms with Gasteiger partial charge in [-0.15, -0.1) is 5.10 Å². The largest absolute Gasteiger partial charge is 0.368 e. The summed E-state index contributed by atoms with van der Waals surface area (Å²) >= 11 is 0. The standard InChI is InChI=1S/C15H17FN4O/c1-15(2,11-3-5-12(16)6-4-11)9-18-13-7-10(14(17)21)8-19-20-13/h3-8H,9H2,1-2H3,(H2,17,21)(H,18,20). The van der Waals surface area contributed by atoms with Crippen LogP contribution in [0.25, 0.3) is 0 Å². The number of hydrogen-bond acceptors (Lipinski definition) is 4. The number of aromatic nitrogens is 2. The van der Waals surface area contributed by atoms with Gasteiger partial charge in [0.25, 0.3) is 0 Å². The third-order valence-corrected chi connectivity index (χ3v) is 3.28. The molecule has 1 aromatic heterocycles. The molecule has 0 bridgehead atoms. The quantitative estimate of drug-likeness (QED) is 0.883. The van der Waals surface area contributed by atoms with Crippen molar-refractivity contribution < 1.29 is 9.18 Å². The number of nitrogens with one attached hydrogen (secondary N) is 1. The molecule has 1 aromatic carbocycles. The van der Waals surface area contributed by atoms with Crippen molar-refractivity contribution in [2.24, 2.45) is 5.73 Å². The Morgan fingerprint density at radius 1 is 1.33 bits per heavy atom. The Morgan fingerprint density at radius 2 is 2.00 bits per heavy atom. The minimum Gasteiger partial charge on any atom is -0.368 e. The third-order valence-electron chi connectivity index (χ3n) is 3.28. The van der Waals surface area contributed by atoms with Gasteiger partial charge in [-0.2, -0.15) is 5.10 Å². The van der Waals surface area contributed by atoms with Crippen LogP contribution in [0.3, 0.4) is 0 Å². The first-order valence-corrected chi connectivity index (χ1v) is 6.51. The molecule has 1 heterocycles. The summed E-state index contributed by atoms with van der Waals surface area (Å²) in [4.78, 5) is 11.1. The molecule has 1 amide bonds. The number of halogens is 1. The first-order valence-electron chi connectivity index (χ1n) is 6.51. The van der Waals surface area contributed by atoms with E-state index in [1.807, 2.05) is 13.8 Å². The van der Waals surface area contributed by atoms with Crippen LogP contribution in [0, 0.1) is 5.82 Å². The summed E-state index contributed by atoms with van der Waals surface area (Å²) in [6, 6.07) is 7.93. The summed E-state index contributed by atoms with van der Waals surface area (Å²) in [5, 5.41) is 10.7. The van der Waals surface area contributed by atoms with Crippen molar-refractivity contribution >= 4 is 11.7 Å². The highest BCUT2D eigenvalue weighted by molar-refractivity contribution is 5.93. The van der Waals surface area contributed by atoms with Gasteiger partial charge in [0.1, 0.15) is 11.6 Å². The number of benzene rings is 1. The van der Waals surface area contributed by atoms with Crippen LogP contribution in [0.2, 0.25) is 0 Å². The van der Waals surface area contributed by atoms with E-state index in [1.54, 1.807) is 18.2 Å². The van der Waals surface area contributed by atoms with Crippen LogP contribution in [0.1, 0.15) is 29.8 Å². The zero-order chi connectivity index (χ0) is 15.5. The number of nitrogens with zero attached hydrogens (tertiary/aromatic N) is 2. The predicted octanol–water partition coefficient (Wildman–Crippen LogP) is 2.10. The van der Waals surface area contributed by atoms with Crippen molar-refractivity contribution in [2.75, 3.05) is 11.9 Å². The summed E-state index contributed by atoms with van der Waals surface area (Å²) in [5.41, 5.74) is 6.26. The summed E-state index contributed by atoms with van der Waals surface area (Å²) in [6.45, 7) is 4.60. The summed E-state index contributed by atoms with van der Waals surface area (Å²) in [5.74, 6) is -0.338. The van der Waals surface area contributed by atoms with Crippen LogP contribution >= 0.6 is 0 Å². The Balaban J connectivity index is 2.09. The number of hydrogen-bond donors (Lipinski definition) is 2. The molecular formula is C15H17FN4O. The molecule has 21 heavy (non-hydrogen) atoms. The lowest BCUT2D eigenvalue weighted by molar-refractivity contribution is 0.1000. The molecule has 0 spiro atoms. The van der Waals surface area contributed by atoms with Gasteiger partial charge < -0.3 is 11.1 Å². The monoisotopic (exact) mass is 288 g/mol. The fraction of sp³-hybridized carbons (Fsp3) is 0.267. The molecule has 0 fully saturated rings. The van der Waals surface area contributed by atoms with Gasteiger partial charge in [0.05, 0.1) is 11.8 Å². The van der Waals surface area contributed by atoms with E-state index in [0.717, 1.165) is 5.56 Å². The highest BCUT2D eigenvalue weighted by Gasteiger charge is 2.20. The molecule has 2 rings (SSSR count). The Labute approximate surface area is 122 Å². The zero-order valence-corrected chi connectivity index (χ0v) is 11.9. The van der Waals surface area contributed by atoms with Crippen molar-refractivity contribution in [3.05, 3.63) is 53.5 Å². The normalized spacial score (nSPS) is 11.2. The highest BCUT2D eigenvalue weighted by atomic mass is 19.1. The van der Waals surface area contributed by atoms with Crippen molar-refractivity contribution in [3.8, 4) is 0 Å². The smallest absolute Gasteiger partial charge is 0.250 e. The number of rotatable bonds is 5. The minimum absolute atomic E-state index is 0.238. The summed E-state index contributed by atoms with van der Waals surface area (Å²) in [6.07, 6.45) is 1.32. The average molecular weight is 288 g/mol. The van der Waals surface area contributed by atoms with Gasteiger partial charge in [-0.25, -0.2) is 4.39 Å². The van der Waals surface area contributed by atoms with Crippen LogP contribution in [0.5, 0.6) is 0 Å². The summed E-state index contributed by atoms with van der Waals surface area (Å²) in [7, 11) is 0. The van der Waals surface area contributed by atoms with Gasteiger partial charge >= 0.3 is 0 Å². The number of nitrogens with two attached hydrogens (primary N) is 1. The highest BCUT2D eigenvalue weighted by Crippen LogP contribution is 2.23. The van der Waals surface area contributed by atoms with Gasteiger partial charge in [0, 0.05) is 12.0 Å². The first kappa shape index (κ1) is 14.9. The maximum atomic E-state index is 13.0. The second-order valence-electron chi connectivity index (χ2n) is 5.44. The van der Waals surface area contributed by atoms with Gasteiger partial charge in [-0.05, 0) is 23.8 Å². The maximum absolute atomic E-state index is 13.0. The summed E-state index contributed by atoms with van der Waals surface area (Å²) < 4.78 is 13.0. The molecule has 0 atom stereocenters. The van der Waals surface area contributed by atoms with Crippen LogP contribution in [0.15, 0.2) is 36.5 Å². The molecule has 0 aliphatic heterocycles. The van der Waals surface area contributed by atoms with E-state index in [4.69, 9.17) is 5.73 Å². The molecule has 0 aliphatic carbocycles. The van der Waals surface area contributed by atoms with E-state index in [2.05, 4.69) is 15.5 Å². The molecule has 0 saturated heterocycles. The lowest BCUT2D eigenvalue weighted by atomic mass is 9.84. The predicted molar refractivity (Wildman–Crippen MR) is 78.5 cm³/mol. The van der Waals surface area contributed by atoms with Crippen LogP contribution in [0.4, 0.5) is 10.2 Å². The van der Waals surface area contributed by atoms with Crippen molar-refractivity contribution in [1.82, 2.24) is 10.2 Å². The van der Waals surface area contributed by atoms with E-state index in [9.17, 15) is 9.18 Å². The van der Waals surface area contributed by atoms with Crippen molar-refractivity contribution in [2.45, 2.75) is 19.3 Å². The molecule has 3 N–H and O–H groups in total. The number of carbonyl (C=O) groups is 1. The van der Waals surface area contributed by atoms with Gasteiger partial charge in [-0.3, -0.25) is 4.79 Å². The maximum Gasteiger partial charge on any atom is 0.250 e. The molecule has 2 aromatic rings. The van der Waals surface area contributed by atoms with E-state index in [1.165, 1.54) is 18.3 Å². The Morgan fingerprint density at radius 3 is 2.62 bits per heavy atom. The second kappa shape index (κ2) is 5.87. The molecule has 0 saturated carbocycles. The Bertz CT molecular complexity index is 640. The minimum atomic E-state index is -0.550. The van der Waals surface area contributed by atoms with Gasteiger partial charge in [-0.1, -0.05) is 26.0 Å². The fourth-order valence-corrected chi connectivity index (χ4v) is 1.90. The fourth-order valence-electron chi connectivity index (χ4n) is 1.90. The number of primary amides is 1. The Hall–Kier alpha value is -2.50. The van der Waals surface area contributed by atoms with Gasteiger partial charge in [0.2, 0.25) is 5.91 Å². The van der Waals surface area contributed by atoms with Crippen LogP contribution in [-0.2, 0) is 5.41 Å². The second-order valence-corrected chi connectivity index (χ2v) is 5.44.